The van der Waals surface area contributed by atoms with Crippen LogP contribution in [-0.4, -0.2) is 15.1 Å². The Bertz CT molecular complexity index is 640. The summed E-state index contributed by atoms with van der Waals surface area (Å²) in [6.45, 7) is 1.44. The summed E-state index contributed by atoms with van der Waals surface area (Å²) < 4.78 is 0. The summed E-state index contributed by atoms with van der Waals surface area (Å²) in [5.74, 6) is 1.22. The summed E-state index contributed by atoms with van der Waals surface area (Å²) in [7, 11) is 0. The van der Waals surface area contributed by atoms with Crippen molar-refractivity contribution in [2.24, 2.45) is 0 Å². The van der Waals surface area contributed by atoms with Crippen LogP contribution in [0.1, 0.15) is 11.4 Å². The van der Waals surface area contributed by atoms with Gasteiger partial charge in [0.2, 0.25) is 0 Å². The molecule has 0 aliphatic rings. The summed E-state index contributed by atoms with van der Waals surface area (Å²) >= 11 is 0. The SMILES string of the molecule is Oc1ccc(CNCc2nc3ccccc3[nH]2)cc1. The topological polar surface area (TPSA) is 60.9 Å². The number of phenolic OH excluding ortho intramolecular Hbond substituents is 1. The fraction of sp³-hybridized carbons (Fsp3) is 0.133. The molecule has 0 saturated carbocycles. The first-order valence-corrected chi connectivity index (χ1v) is 6.23. The molecule has 1 heterocycles. The van der Waals surface area contributed by atoms with Gasteiger partial charge >= 0.3 is 0 Å². The lowest BCUT2D eigenvalue weighted by Gasteiger charge is -2.03. The van der Waals surface area contributed by atoms with Crippen LogP contribution in [0, 0.1) is 0 Å². The second kappa shape index (κ2) is 5.12. The molecule has 4 nitrogen and oxygen atoms in total. The fourth-order valence-electron chi connectivity index (χ4n) is 2.03. The Morgan fingerprint density at radius 3 is 2.58 bits per heavy atom. The number of nitrogens with one attached hydrogen (secondary N) is 2. The molecular formula is C15H15N3O. The van der Waals surface area contributed by atoms with E-state index in [4.69, 9.17) is 0 Å². The highest BCUT2D eigenvalue weighted by Crippen LogP contribution is 2.11. The number of phenols is 1. The average Bonchev–Trinajstić information content (AvgIpc) is 2.83. The van der Waals surface area contributed by atoms with Crippen molar-refractivity contribution in [3.8, 4) is 5.75 Å². The standard InChI is InChI=1S/C15H15N3O/c19-12-7-5-11(6-8-12)9-16-10-15-17-13-3-1-2-4-14(13)18-15/h1-8,16,19H,9-10H2,(H,17,18). The number of H-pyrrole nitrogens is 1. The molecule has 0 bridgehead atoms. The highest BCUT2D eigenvalue weighted by molar-refractivity contribution is 5.74. The number of rotatable bonds is 4. The maximum atomic E-state index is 9.21. The van der Waals surface area contributed by atoms with Crippen LogP contribution >= 0.6 is 0 Å². The van der Waals surface area contributed by atoms with E-state index in [9.17, 15) is 5.11 Å². The molecule has 0 amide bonds. The lowest BCUT2D eigenvalue weighted by molar-refractivity contribution is 0.475. The number of aromatic nitrogens is 2. The zero-order chi connectivity index (χ0) is 13.1. The van der Waals surface area contributed by atoms with Gasteiger partial charge in [-0.15, -0.1) is 0 Å². The average molecular weight is 253 g/mol. The molecule has 2 aromatic carbocycles. The van der Waals surface area contributed by atoms with Gasteiger partial charge in [0, 0.05) is 6.54 Å². The van der Waals surface area contributed by atoms with Gasteiger partial charge < -0.3 is 15.4 Å². The second-order valence-corrected chi connectivity index (χ2v) is 4.47. The molecule has 0 unspecified atom stereocenters. The molecule has 3 aromatic rings. The molecule has 0 atom stereocenters. The van der Waals surface area contributed by atoms with Crippen LogP contribution in [0.25, 0.3) is 11.0 Å². The van der Waals surface area contributed by atoms with Gasteiger partial charge in [-0.2, -0.15) is 0 Å². The van der Waals surface area contributed by atoms with Gasteiger partial charge in [0.25, 0.3) is 0 Å². The highest BCUT2D eigenvalue weighted by atomic mass is 16.3. The van der Waals surface area contributed by atoms with E-state index in [0.29, 0.717) is 12.3 Å². The van der Waals surface area contributed by atoms with Gasteiger partial charge in [-0.1, -0.05) is 24.3 Å². The predicted octanol–water partition coefficient (Wildman–Crippen LogP) is 2.56. The fourth-order valence-corrected chi connectivity index (χ4v) is 2.03. The van der Waals surface area contributed by atoms with E-state index in [2.05, 4.69) is 15.3 Å². The smallest absolute Gasteiger partial charge is 0.121 e. The zero-order valence-corrected chi connectivity index (χ0v) is 10.4. The molecule has 1 aromatic heterocycles. The van der Waals surface area contributed by atoms with Crippen LogP contribution in [0.5, 0.6) is 5.75 Å². The predicted molar refractivity (Wildman–Crippen MR) is 74.7 cm³/mol. The Morgan fingerprint density at radius 2 is 1.79 bits per heavy atom. The molecule has 0 saturated heterocycles. The number of aromatic hydroxyl groups is 1. The van der Waals surface area contributed by atoms with E-state index in [-0.39, 0.29) is 0 Å². The molecule has 3 rings (SSSR count). The Hall–Kier alpha value is -2.33. The molecule has 3 N–H and O–H groups in total. The van der Waals surface area contributed by atoms with Crippen molar-refractivity contribution < 1.29 is 5.11 Å². The van der Waals surface area contributed by atoms with E-state index in [1.165, 1.54) is 0 Å². The Labute approximate surface area is 111 Å². The molecule has 0 radical (unpaired) electrons. The van der Waals surface area contributed by atoms with Crippen LogP contribution in [0.15, 0.2) is 48.5 Å². The number of hydrogen-bond acceptors (Lipinski definition) is 3. The number of benzene rings is 2. The van der Waals surface area contributed by atoms with Crippen molar-refractivity contribution in [1.82, 2.24) is 15.3 Å². The van der Waals surface area contributed by atoms with Crippen LogP contribution in [-0.2, 0) is 13.1 Å². The van der Waals surface area contributed by atoms with E-state index < -0.39 is 0 Å². The summed E-state index contributed by atoms with van der Waals surface area (Å²) in [5, 5.41) is 12.5. The first kappa shape index (κ1) is 11.7. The van der Waals surface area contributed by atoms with Crippen molar-refractivity contribution in [2.45, 2.75) is 13.1 Å². The number of hydrogen-bond donors (Lipinski definition) is 3. The lowest BCUT2D eigenvalue weighted by Crippen LogP contribution is -2.13. The lowest BCUT2D eigenvalue weighted by atomic mass is 10.2. The van der Waals surface area contributed by atoms with Crippen LogP contribution in [0.4, 0.5) is 0 Å². The largest absolute Gasteiger partial charge is 0.508 e. The second-order valence-electron chi connectivity index (χ2n) is 4.47. The molecule has 19 heavy (non-hydrogen) atoms. The summed E-state index contributed by atoms with van der Waals surface area (Å²) in [6, 6.07) is 15.2. The first-order chi connectivity index (χ1) is 9.31. The van der Waals surface area contributed by atoms with Crippen molar-refractivity contribution in [1.29, 1.82) is 0 Å². The third-order valence-corrected chi connectivity index (χ3v) is 3.00. The summed E-state index contributed by atoms with van der Waals surface area (Å²) in [5.41, 5.74) is 3.18. The minimum Gasteiger partial charge on any atom is -0.508 e. The quantitative estimate of drug-likeness (QED) is 0.669. The van der Waals surface area contributed by atoms with Crippen LogP contribution in [0.2, 0.25) is 0 Å². The van der Waals surface area contributed by atoms with Crippen LogP contribution in [0.3, 0.4) is 0 Å². The van der Waals surface area contributed by atoms with Gasteiger partial charge in [0.15, 0.2) is 0 Å². The molecule has 0 aliphatic carbocycles. The minimum absolute atomic E-state index is 0.293. The molecule has 0 fully saturated rings. The molecular weight excluding hydrogens is 238 g/mol. The number of para-hydroxylation sites is 2. The van der Waals surface area contributed by atoms with Crippen molar-refractivity contribution >= 4 is 11.0 Å². The number of fused-ring (bicyclic) bond motifs is 1. The summed E-state index contributed by atoms with van der Waals surface area (Å²) in [6.07, 6.45) is 0. The monoisotopic (exact) mass is 253 g/mol. The molecule has 0 spiro atoms. The molecule has 96 valence electrons. The van der Waals surface area contributed by atoms with Crippen molar-refractivity contribution in [3.05, 3.63) is 59.9 Å². The zero-order valence-electron chi connectivity index (χ0n) is 10.4. The van der Waals surface area contributed by atoms with Gasteiger partial charge in [-0.3, -0.25) is 0 Å². The van der Waals surface area contributed by atoms with Gasteiger partial charge in [-0.25, -0.2) is 4.98 Å². The van der Waals surface area contributed by atoms with E-state index >= 15 is 0 Å². The Morgan fingerprint density at radius 1 is 1.00 bits per heavy atom. The van der Waals surface area contributed by atoms with Crippen LogP contribution < -0.4 is 5.32 Å². The highest BCUT2D eigenvalue weighted by Gasteiger charge is 2.01. The van der Waals surface area contributed by atoms with Gasteiger partial charge in [0.1, 0.15) is 11.6 Å². The van der Waals surface area contributed by atoms with Gasteiger partial charge in [0.05, 0.1) is 17.6 Å². The Balaban J connectivity index is 1.61. The number of imidazole rings is 1. The van der Waals surface area contributed by atoms with E-state index in [1.54, 1.807) is 12.1 Å². The number of aromatic amines is 1. The third kappa shape index (κ3) is 2.74. The van der Waals surface area contributed by atoms with E-state index in [0.717, 1.165) is 29.0 Å². The third-order valence-electron chi connectivity index (χ3n) is 3.00. The maximum Gasteiger partial charge on any atom is 0.121 e. The first-order valence-electron chi connectivity index (χ1n) is 6.23. The normalized spacial score (nSPS) is 10.9. The number of nitrogens with zero attached hydrogens (tertiary/aromatic N) is 1. The molecule has 0 aliphatic heterocycles. The van der Waals surface area contributed by atoms with Crippen molar-refractivity contribution in [2.75, 3.05) is 0 Å². The maximum absolute atomic E-state index is 9.21. The van der Waals surface area contributed by atoms with E-state index in [1.807, 2.05) is 36.4 Å². The summed E-state index contributed by atoms with van der Waals surface area (Å²) in [4.78, 5) is 7.78. The Kier molecular flexibility index (Phi) is 3.16. The van der Waals surface area contributed by atoms with Gasteiger partial charge in [-0.05, 0) is 29.8 Å². The minimum atomic E-state index is 0.293. The molecule has 4 heteroatoms. The van der Waals surface area contributed by atoms with Crippen molar-refractivity contribution in [3.63, 3.8) is 0 Å².